The van der Waals surface area contributed by atoms with Crippen LogP contribution in [0.5, 0.6) is 5.75 Å². The molecule has 23 heavy (non-hydrogen) atoms. The van der Waals surface area contributed by atoms with Crippen molar-refractivity contribution < 1.29 is 34.1 Å². The first-order valence-corrected chi connectivity index (χ1v) is 6.92. The van der Waals surface area contributed by atoms with Crippen LogP contribution in [0.15, 0.2) is 24.3 Å². The number of aliphatic hydroxyl groups excluding tert-OH is 2. The molecule has 0 saturated carbocycles. The topological polar surface area (TPSA) is 121 Å². The van der Waals surface area contributed by atoms with E-state index in [2.05, 4.69) is 0 Å². The third-order valence-corrected chi connectivity index (χ3v) is 3.55. The summed E-state index contributed by atoms with van der Waals surface area (Å²) in [6.45, 7) is 0.0643. The Hall–Kier alpha value is -1.78. The van der Waals surface area contributed by atoms with Crippen molar-refractivity contribution in [3.63, 3.8) is 0 Å². The van der Waals surface area contributed by atoms with Gasteiger partial charge in [0.15, 0.2) is 0 Å². The van der Waals surface area contributed by atoms with Gasteiger partial charge in [0.2, 0.25) is 6.29 Å². The predicted octanol–water partition coefficient (Wildman–Crippen LogP) is 0.0817. The van der Waals surface area contributed by atoms with E-state index in [0.717, 1.165) is 0 Å². The van der Waals surface area contributed by atoms with Crippen molar-refractivity contribution >= 4 is 5.69 Å². The molecule has 2 rings (SSSR count). The highest BCUT2D eigenvalue weighted by molar-refractivity contribution is 5.36. The molecule has 1 aliphatic rings. The quantitative estimate of drug-likeness (QED) is 0.556. The van der Waals surface area contributed by atoms with Crippen molar-refractivity contribution in [2.24, 2.45) is 0 Å². The molecule has 0 amide bonds. The minimum atomic E-state index is -1.23. The zero-order chi connectivity index (χ0) is 17.0. The highest BCUT2D eigenvalue weighted by atomic mass is 16.7. The molecule has 1 aromatic rings. The second kappa shape index (κ2) is 7.66. The van der Waals surface area contributed by atoms with Gasteiger partial charge >= 0.3 is 0 Å². The third kappa shape index (κ3) is 3.95. The molecular weight excluding hydrogens is 310 g/mol. The molecule has 1 saturated heterocycles. The maximum Gasteiger partial charge on any atom is 0.269 e. The second-order valence-corrected chi connectivity index (χ2v) is 5.05. The molecule has 128 valence electrons. The number of rotatable bonds is 6. The molecule has 0 aliphatic carbocycles. The molecule has 5 atom stereocenters. The Morgan fingerprint density at radius 1 is 1.22 bits per heavy atom. The van der Waals surface area contributed by atoms with Gasteiger partial charge in [-0.3, -0.25) is 10.1 Å². The summed E-state index contributed by atoms with van der Waals surface area (Å²) >= 11 is 0. The van der Waals surface area contributed by atoms with Crippen LogP contribution < -0.4 is 4.74 Å². The van der Waals surface area contributed by atoms with Crippen molar-refractivity contribution in [3.05, 3.63) is 34.4 Å². The van der Waals surface area contributed by atoms with E-state index < -0.39 is 35.6 Å². The maximum atomic E-state index is 10.6. The molecule has 0 bridgehead atoms. The summed E-state index contributed by atoms with van der Waals surface area (Å²) in [6.07, 6.45) is -5.12. The summed E-state index contributed by atoms with van der Waals surface area (Å²) in [5.74, 6) is 0.308. The number of nitrogens with zero attached hydrogens (tertiary/aromatic N) is 1. The number of hydrogen-bond acceptors (Lipinski definition) is 8. The number of benzene rings is 1. The van der Waals surface area contributed by atoms with Crippen LogP contribution in [-0.2, 0) is 14.2 Å². The van der Waals surface area contributed by atoms with Crippen LogP contribution in [-0.4, -0.2) is 66.7 Å². The van der Waals surface area contributed by atoms with Gasteiger partial charge in [-0.1, -0.05) is 0 Å². The maximum absolute atomic E-state index is 10.6. The number of aliphatic hydroxyl groups is 2. The van der Waals surface area contributed by atoms with Crippen molar-refractivity contribution in [2.45, 2.75) is 30.7 Å². The molecule has 0 unspecified atom stereocenters. The summed E-state index contributed by atoms with van der Waals surface area (Å²) in [4.78, 5) is 10.1. The fourth-order valence-electron chi connectivity index (χ4n) is 2.33. The first-order valence-electron chi connectivity index (χ1n) is 6.92. The van der Waals surface area contributed by atoms with Gasteiger partial charge < -0.3 is 29.2 Å². The second-order valence-electron chi connectivity index (χ2n) is 5.05. The van der Waals surface area contributed by atoms with E-state index in [1.54, 1.807) is 0 Å². The number of methoxy groups -OCH3 is 2. The average molecular weight is 329 g/mol. The van der Waals surface area contributed by atoms with Crippen LogP contribution in [0.1, 0.15) is 0 Å². The number of nitro benzene ring substituents is 1. The third-order valence-electron chi connectivity index (χ3n) is 3.55. The summed E-state index contributed by atoms with van der Waals surface area (Å²) in [6, 6.07) is 5.41. The molecule has 1 fully saturated rings. The number of nitro groups is 1. The summed E-state index contributed by atoms with van der Waals surface area (Å²) in [5, 5.41) is 30.7. The van der Waals surface area contributed by atoms with Gasteiger partial charge in [0.1, 0.15) is 30.2 Å². The van der Waals surface area contributed by atoms with Crippen LogP contribution in [0.2, 0.25) is 0 Å². The first-order chi connectivity index (χ1) is 11.0. The Morgan fingerprint density at radius 3 is 2.39 bits per heavy atom. The highest BCUT2D eigenvalue weighted by Gasteiger charge is 2.46. The highest BCUT2D eigenvalue weighted by Crippen LogP contribution is 2.27. The molecular formula is C14H19NO8. The molecule has 0 aromatic heterocycles. The van der Waals surface area contributed by atoms with E-state index in [9.17, 15) is 20.3 Å². The zero-order valence-corrected chi connectivity index (χ0v) is 12.7. The smallest absolute Gasteiger partial charge is 0.269 e. The van der Waals surface area contributed by atoms with E-state index in [1.807, 2.05) is 0 Å². The van der Waals surface area contributed by atoms with Crippen LogP contribution in [0.25, 0.3) is 0 Å². The van der Waals surface area contributed by atoms with Crippen LogP contribution in [0.4, 0.5) is 5.69 Å². The van der Waals surface area contributed by atoms with E-state index >= 15 is 0 Å². The van der Waals surface area contributed by atoms with Crippen LogP contribution >= 0.6 is 0 Å². The SMILES string of the molecule is COC[C@H]1O[C@@H](Oc2ccc([N+](=O)[O-])cc2)[C@H](OC)[C@@H](O)[C@H]1O. The standard InChI is InChI=1S/C14H19NO8/c1-20-7-10-11(16)12(17)13(21-2)14(23-10)22-9-5-3-8(4-6-9)15(18)19/h3-6,10-14,16-17H,7H2,1-2H3/t10-,11+,12+,13-,14-/m1/s1. The molecule has 1 aliphatic heterocycles. The molecule has 9 heteroatoms. The lowest BCUT2D eigenvalue weighted by Gasteiger charge is -2.41. The van der Waals surface area contributed by atoms with Gasteiger partial charge in [-0.25, -0.2) is 0 Å². The van der Waals surface area contributed by atoms with Crippen LogP contribution in [0, 0.1) is 10.1 Å². The lowest BCUT2D eigenvalue weighted by molar-refractivity contribution is -0.384. The van der Waals surface area contributed by atoms with Gasteiger partial charge in [0.25, 0.3) is 5.69 Å². The molecule has 1 heterocycles. The minimum Gasteiger partial charge on any atom is -0.462 e. The average Bonchev–Trinajstić information content (AvgIpc) is 2.53. The molecule has 0 spiro atoms. The zero-order valence-electron chi connectivity index (χ0n) is 12.7. The predicted molar refractivity (Wildman–Crippen MR) is 77.1 cm³/mol. The van der Waals surface area contributed by atoms with Crippen molar-refractivity contribution in [1.29, 1.82) is 0 Å². The van der Waals surface area contributed by atoms with Gasteiger partial charge in [0, 0.05) is 26.4 Å². The largest absolute Gasteiger partial charge is 0.462 e. The Morgan fingerprint density at radius 2 is 1.87 bits per heavy atom. The lowest BCUT2D eigenvalue weighted by atomic mass is 9.99. The normalized spacial score (nSPS) is 30.9. The van der Waals surface area contributed by atoms with Crippen molar-refractivity contribution in [2.75, 3.05) is 20.8 Å². The number of hydrogen-bond donors (Lipinski definition) is 2. The molecule has 9 nitrogen and oxygen atoms in total. The van der Waals surface area contributed by atoms with Gasteiger partial charge in [-0.2, -0.15) is 0 Å². The Labute approximate surface area is 132 Å². The minimum absolute atomic E-state index is 0.0643. The fourth-order valence-corrected chi connectivity index (χ4v) is 2.33. The van der Waals surface area contributed by atoms with E-state index in [4.69, 9.17) is 18.9 Å². The van der Waals surface area contributed by atoms with Crippen molar-refractivity contribution in [1.82, 2.24) is 0 Å². The Bertz CT molecular complexity index is 520. The first kappa shape index (κ1) is 17.6. The van der Waals surface area contributed by atoms with Gasteiger partial charge in [0.05, 0.1) is 11.5 Å². The summed E-state index contributed by atoms with van der Waals surface area (Å²) < 4.78 is 21.3. The van der Waals surface area contributed by atoms with Gasteiger partial charge in [-0.05, 0) is 12.1 Å². The van der Waals surface area contributed by atoms with E-state index in [1.165, 1.54) is 38.5 Å². The molecule has 2 N–H and O–H groups in total. The monoisotopic (exact) mass is 329 g/mol. The van der Waals surface area contributed by atoms with E-state index in [0.29, 0.717) is 5.75 Å². The summed E-state index contributed by atoms with van der Waals surface area (Å²) in [7, 11) is 2.80. The lowest BCUT2D eigenvalue weighted by Crippen LogP contribution is -2.60. The Balaban J connectivity index is 2.13. The number of non-ortho nitro benzene ring substituents is 1. The van der Waals surface area contributed by atoms with Gasteiger partial charge in [-0.15, -0.1) is 0 Å². The Kier molecular flexibility index (Phi) is 5.85. The molecule has 0 radical (unpaired) electrons. The van der Waals surface area contributed by atoms with E-state index in [-0.39, 0.29) is 12.3 Å². The molecule has 1 aromatic carbocycles. The summed E-state index contributed by atoms with van der Waals surface area (Å²) in [5.41, 5.74) is -0.0714. The number of ether oxygens (including phenoxy) is 4. The van der Waals surface area contributed by atoms with Crippen molar-refractivity contribution in [3.8, 4) is 5.75 Å². The fraction of sp³-hybridized carbons (Fsp3) is 0.571. The van der Waals surface area contributed by atoms with Crippen LogP contribution in [0.3, 0.4) is 0 Å².